The van der Waals surface area contributed by atoms with Crippen molar-refractivity contribution in [3.8, 4) is 16.9 Å². The Balaban J connectivity index is 1.65. The molecule has 0 amide bonds. The van der Waals surface area contributed by atoms with Crippen molar-refractivity contribution in [2.75, 3.05) is 5.12 Å². The lowest BCUT2D eigenvalue weighted by Crippen LogP contribution is -2.17. The number of hydrogen-bond acceptors (Lipinski definition) is 6. The van der Waals surface area contributed by atoms with Crippen LogP contribution in [0.2, 0.25) is 0 Å². The lowest BCUT2D eigenvalue weighted by Gasteiger charge is -2.14. The summed E-state index contributed by atoms with van der Waals surface area (Å²) in [5.74, 6) is -0.294. The van der Waals surface area contributed by atoms with E-state index in [2.05, 4.69) is 23.1 Å². The molecular weight excluding hydrogens is 486 g/mol. The van der Waals surface area contributed by atoms with Crippen LogP contribution in [0.4, 0.5) is 18.9 Å². The first kappa shape index (κ1) is 18.5. The maximum Gasteiger partial charge on any atom is 0.573 e. The van der Waals surface area contributed by atoms with E-state index in [1.807, 2.05) is 18.2 Å². The van der Waals surface area contributed by atoms with Crippen LogP contribution in [0.3, 0.4) is 0 Å². The quantitative estimate of drug-likeness (QED) is 0.460. The lowest BCUT2D eigenvalue weighted by molar-refractivity contribution is -0.274. The predicted molar refractivity (Wildman–Crippen MR) is 106 cm³/mol. The Morgan fingerprint density at radius 3 is 2.61 bits per heavy atom. The number of para-hydroxylation sites is 1. The minimum atomic E-state index is -4.78. The van der Waals surface area contributed by atoms with Crippen molar-refractivity contribution in [1.29, 1.82) is 0 Å². The van der Waals surface area contributed by atoms with Gasteiger partial charge in [0.05, 0.1) is 32.9 Å². The smallest absolute Gasteiger partial charge is 0.405 e. The van der Waals surface area contributed by atoms with Crippen molar-refractivity contribution < 1.29 is 17.9 Å². The molecule has 0 saturated carbocycles. The highest BCUT2D eigenvalue weighted by Gasteiger charge is 2.32. The van der Waals surface area contributed by atoms with Gasteiger partial charge < -0.3 is 4.74 Å². The minimum Gasteiger partial charge on any atom is -0.405 e. The number of rotatable bonds is 4. The Bertz CT molecular complexity index is 1060. The number of benzene rings is 1. The van der Waals surface area contributed by atoms with Crippen molar-refractivity contribution in [3.05, 3.63) is 72.8 Å². The molecule has 0 bridgehead atoms. The van der Waals surface area contributed by atoms with Gasteiger partial charge in [-0.2, -0.15) is 0 Å². The average molecular weight is 497 g/mol. The molecule has 0 aliphatic carbocycles. The van der Waals surface area contributed by atoms with E-state index in [-0.39, 0.29) is 11.3 Å². The number of hydrazone groups is 1. The van der Waals surface area contributed by atoms with E-state index in [0.717, 1.165) is 9.41 Å². The molecule has 10 heteroatoms. The maximum absolute atomic E-state index is 12.7. The average Bonchev–Trinajstić information content (AvgIpc) is 3.18. The third-order valence-corrected chi connectivity index (χ3v) is 5.48. The van der Waals surface area contributed by atoms with E-state index in [1.54, 1.807) is 30.6 Å². The molecule has 3 heterocycles. The summed E-state index contributed by atoms with van der Waals surface area (Å²) < 4.78 is 47.4. The summed E-state index contributed by atoms with van der Waals surface area (Å²) in [6, 6.07) is 13.1. The zero-order chi connectivity index (χ0) is 19.6. The number of nitrogens with zero attached hydrogens (tertiary/aromatic N) is 5. The van der Waals surface area contributed by atoms with Gasteiger partial charge in [-0.15, -0.1) is 26.6 Å². The number of hydrogen-bond donors (Lipinski definition) is 0. The Hall–Kier alpha value is -2.89. The van der Waals surface area contributed by atoms with Crippen molar-refractivity contribution in [2.45, 2.75) is 6.36 Å². The van der Waals surface area contributed by atoms with Gasteiger partial charge in [-0.05, 0) is 24.3 Å². The van der Waals surface area contributed by atoms with Gasteiger partial charge in [-0.25, -0.2) is 0 Å². The largest absolute Gasteiger partial charge is 0.573 e. The maximum atomic E-state index is 12.7. The van der Waals surface area contributed by atoms with Gasteiger partial charge in [-0.3, -0.25) is 9.97 Å². The van der Waals surface area contributed by atoms with E-state index in [0.29, 0.717) is 11.3 Å². The summed E-state index contributed by atoms with van der Waals surface area (Å²) in [6.07, 6.45) is -0.0762. The van der Waals surface area contributed by atoms with Crippen LogP contribution in [-0.4, -0.2) is 20.0 Å². The molecule has 0 atom stereocenters. The molecular formula is C18H11F3IN5O. The number of anilines is 1. The van der Waals surface area contributed by atoms with Crippen LogP contribution in [0.15, 0.2) is 75.5 Å². The molecule has 0 spiro atoms. The van der Waals surface area contributed by atoms with Crippen molar-refractivity contribution >= 4 is 30.4 Å². The molecule has 0 fully saturated rings. The first-order chi connectivity index (χ1) is 13.5. The number of halogens is 4. The van der Waals surface area contributed by atoms with E-state index in [9.17, 15) is 13.2 Å². The topological polar surface area (TPSA) is 63.0 Å². The Morgan fingerprint density at radius 2 is 1.82 bits per heavy atom. The van der Waals surface area contributed by atoms with Crippen molar-refractivity contribution in [2.24, 2.45) is 8.36 Å². The highest BCUT2D eigenvalue weighted by Crippen LogP contribution is 2.35. The molecule has 6 nitrogen and oxygen atoms in total. The first-order valence-electron chi connectivity index (χ1n) is 7.95. The lowest BCUT2D eigenvalue weighted by atomic mass is 10.1. The van der Waals surface area contributed by atoms with Gasteiger partial charge >= 0.3 is 6.36 Å². The zero-order valence-corrected chi connectivity index (χ0v) is 16.2. The second-order valence-electron chi connectivity index (χ2n) is 5.53. The summed E-state index contributed by atoms with van der Waals surface area (Å²) in [4.78, 5) is 8.40. The standard InChI is InChI=1S/C18H11F3IN5O/c19-18(20,21)28-16-7-2-1-5-14(16)12-9-13(11-23-10-12)27-25-17(22-26-27)15-6-3-4-8-24-15/h1-11H. The number of alkyl halides is 3. The zero-order valence-electron chi connectivity index (χ0n) is 14.0. The Morgan fingerprint density at radius 1 is 1.00 bits per heavy atom. The molecule has 1 aliphatic heterocycles. The Labute approximate surface area is 167 Å². The minimum absolute atomic E-state index is 0.275. The van der Waals surface area contributed by atoms with Crippen LogP contribution in [0.1, 0.15) is 5.69 Å². The molecule has 1 aliphatic rings. The second kappa shape index (κ2) is 7.62. The van der Waals surface area contributed by atoms with Crippen LogP contribution in [0, 0.1) is 0 Å². The molecule has 4 rings (SSSR count). The highest BCUT2D eigenvalue weighted by atomic mass is 127. The van der Waals surface area contributed by atoms with Crippen molar-refractivity contribution in [3.63, 3.8) is 0 Å². The molecule has 1 aromatic carbocycles. The normalized spacial score (nSPS) is 13.8. The highest BCUT2D eigenvalue weighted by molar-refractivity contribution is 14.2. The Kier molecular flexibility index (Phi) is 5.03. The fourth-order valence-electron chi connectivity index (χ4n) is 2.47. The van der Waals surface area contributed by atoms with E-state index >= 15 is 0 Å². The molecule has 2 aromatic heterocycles. The van der Waals surface area contributed by atoms with Crippen LogP contribution in [-0.2, 0) is 0 Å². The van der Waals surface area contributed by atoms with Gasteiger partial charge in [0, 0.05) is 23.5 Å². The first-order valence-corrected chi connectivity index (χ1v) is 9.99. The monoisotopic (exact) mass is 497 g/mol. The fourth-order valence-corrected chi connectivity index (χ4v) is 4.09. The van der Waals surface area contributed by atoms with Gasteiger partial charge in [0.15, 0.2) is 3.72 Å². The summed E-state index contributed by atoms with van der Waals surface area (Å²) in [7, 11) is 0. The van der Waals surface area contributed by atoms with Gasteiger partial charge in [0.1, 0.15) is 11.4 Å². The van der Waals surface area contributed by atoms with Crippen LogP contribution >= 0.6 is 21.0 Å². The van der Waals surface area contributed by atoms with E-state index < -0.39 is 27.4 Å². The molecule has 0 unspecified atom stereocenters. The molecule has 142 valence electrons. The predicted octanol–water partition coefficient (Wildman–Crippen LogP) is 5.29. The SMILES string of the molecule is FC(F)(F)Oc1ccccc1-c1cncc(N2N=IC(c3ccccn3)=N2)c1. The molecule has 3 aromatic rings. The molecule has 0 N–H and O–H groups in total. The fraction of sp³-hybridized carbons (Fsp3) is 0.0556. The second-order valence-corrected chi connectivity index (χ2v) is 7.47. The van der Waals surface area contributed by atoms with Gasteiger partial charge in [-0.1, -0.05) is 24.3 Å². The summed E-state index contributed by atoms with van der Waals surface area (Å²) >= 11 is -0.722. The van der Waals surface area contributed by atoms with Crippen LogP contribution < -0.4 is 9.85 Å². The summed E-state index contributed by atoms with van der Waals surface area (Å²) in [5, 5.41) is 5.91. The molecule has 0 saturated heterocycles. The third kappa shape index (κ3) is 4.16. The number of ether oxygens (including phenoxy) is 1. The van der Waals surface area contributed by atoms with Gasteiger partial charge in [0.25, 0.3) is 0 Å². The van der Waals surface area contributed by atoms with Crippen LogP contribution in [0.5, 0.6) is 5.75 Å². The summed E-state index contributed by atoms with van der Waals surface area (Å²) in [5.41, 5.74) is 2.05. The van der Waals surface area contributed by atoms with E-state index in [4.69, 9.17) is 0 Å². The van der Waals surface area contributed by atoms with Gasteiger partial charge in [0.2, 0.25) is 0 Å². The van der Waals surface area contributed by atoms with Crippen LogP contribution in [0.25, 0.3) is 11.1 Å². The summed E-state index contributed by atoms with van der Waals surface area (Å²) in [6.45, 7) is 0. The molecule has 0 radical (unpaired) electrons. The number of pyridine rings is 2. The third-order valence-electron chi connectivity index (χ3n) is 3.63. The molecule has 28 heavy (non-hydrogen) atoms. The van der Waals surface area contributed by atoms with E-state index in [1.165, 1.54) is 23.4 Å². The van der Waals surface area contributed by atoms with Crippen molar-refractivity contribution in [1.82, 2.24) is 9.97 Å². The number of aromatic nitrogens is 2.